The first-order valence-electron chi connectivity index (χ1n) is 20.6. The van der Waals surface area contributed by atoms with Gasteiger partial charge in [-0.2, -0.15) is 0 Å². The summed E-state index contributed by atoms with van der Waals surface area (Å²) in [7, 11) is 0. The number of fused-ring (bicyclic) bond motifs is 7. The smallest absolute Gasteiger partial charge is 0.318 e. The number of aliphatic hydroxyl groups is 4. The van der Waals surface area contributed by atoms with Crippen molar-refractivity contribution in [3.63, 3.8) is 0 Å². The lowest BCUT2D eigenvalue weighted by atomic mass is 9.33. The number of allylic oxidation sites excluding steroid dienone is 1. The Labute approximate surface area is 335 Å². The average molecular weight is 842 g/mol. The van der Waals surface area contributed by atoms with Gasteiger partial charge in [0.25, 0.3) is 0 Å². The van der Waals surface area contributed by atoms with Crippen LogP contribution in [0.25, 0.3) is 0 Å². The second kappa shape index (κ2) is 15.2. The number of hydrogen-bond donors (Lipinski definition) is 7. The molecule has 5 aliphatic carbocycles. The monoisotopic (exact) mass is 840 g/mol. The number of nitrogens with one attached hydrogen (secondary N) is 1. The Morgan fingerprint density at radius 2 is 1.58 bits per heavy atom. The molecule has 0 bridgehead atoms. The minimum Gasteiger partial charge on any atom is -0.481 e. The first-order chi connectivity index (χ1) is 25.3. The van der Waals surface area contributed by atoms with E-state index in [4.69, 9.17) is 15.2 Å². The number of urea groups is 1. The van der Waals surface area contributed by atoms with Crippen LogP contribution in [0.4, 0.5) is 4.79 Å². The number of carbonyl (C=O) groups excluding carboxylic acids is 2. The Bertz CT molecular complexity index is 1520. The van der Waals surface area contributed by atoms with Crippen molar-refractivity contribution in [2.45, 2.75) is 174 Å². The van der Waals surface area contributed by atoms with E-state index in [0.29, 0.717) is 37.5 Å². The fourth-order valence-electron chi connectivity index (χ4n) is 12.9. The molecule has 314 valence electrons. The van der Waals surface area contributed by atoms with Crippen LogP contribution >= 0.6 is 15.9 Å². The average Bonchev–Trinajstić information content (AvgIpc) is 3.10. The maximum atomic E-state index is 13.0. The van der Waals surface area contributed by atoms with Crippen molar-refractivity contribution in [3.05, 3.63) is 11.6 Å². The van der Waals surface area contributed by atoms with Gasteiger partial charge in [0.15, 0.2) is 6.29 Å². The Morgan fingerprint density at radius 3 is 2.16 bits per heavy atom. The molecule has 12 nitrogen and oxygen atoms in total. The number of halogens is 1. The third-order valence-corrected chi connectivity index (χ3v) is 18.4. The molecule has 0 spiro atoms. The number of hydrogen-bond acceptors (Lipinski definition) is 9. The van der Waals surface area contributed by atoms with Crippen molar-refractivity contribution >= 4 is 33.8 Å². The van der Waals surface area contributed by atoms with Crippen molar-refractivity contribution in [1.29, 1.82) is 0 Å². The van der Waals surface area contributed by atoms with Gasteiger partial charge in [-0.1, -0.05) is 83.0 Å². The van der Waals surface area contributed by atoms with Gasteiger partial charge in [-0.3, -0.25) is 14.9 Å². The summed E-state index contributed by atoms with van der Waals surface area (Å²) in [4.78, 5) is 34.6. The van der Waals surface area contributed by atoms with E-state index in [0.717, 1.165) is 44.9 Å². The quantitative estimate of drug-likeness (QED) is 0.0971. The van der Waals surface area contributed by atoms with Gasteiger partial charge in [0.2, 0.25) is 5.91 Å². The van der Waals surface area contributed by atoms with E-state index in [1.54, 1.807) is 0 Å². The summed E-state index contributed by atoms with van der Waals surface area (Å²) in [6.45, 7) is 19.5. The van der Waals surface area contributed by atoms with Gasteiger partial charge in [-0.15, -0.1) is 0 Å². The van der Waals surface area contributed by atoms with E-state index in [1.807, 2.05) is 26.1 Å². The van der Waals surface area contributed by atoms with E-state index in [9.17, 15) is 39.9 Å². The van der Waals surface area contributed by atoms with Gasteiger partial charge in [0, 0.05) is 5.92 Å². The number of alkyl halides is 1. The number of primary amides is 1. The molecule has 5 fully saturated rings. The maximum Gasteiger partial charge on any atom is 0.318 e. The lowest BCUT2D eigenvalue weighted by Crippen LogP contribution is -2.68. The predicted octanol–water partition coefficient (Wildman–Crippen LogP) is 5.80. The second-order valence-electron chi connectivity index (χ2n) is 19.6. The highest BCUT2D eigenvalue weighted by molar-refractivity contribution is 9.10. The van der Waals surface area contributed by atoms with E-state index in [1.165, 1.54) is 5.57 Å². The number of aliphatic hydroxyl groups excluding tert-OH is 3. The number of amides is 3. The number of nitrogens with two attached hydrogens (primary N) is 1. The van der Waals surface area contributed by atoms with Gasteiger partial charge >= 0.3 is 12.0 Å². The van der Waals surface area contributed by atoms with Crippen LogP contribution in [0.1, 0.15) is 133 Å². The topological polar surface area (TPSA) is 209 Å². The van der Waals surface area contributed by atoms with Crippen LogP contribution in [-0.4, -0.2) is 90.7 Å². The van der Waals surface area contributed by atoms with Crippen molar-refractivity contribution in [3.8, 4) is 0 Å². The number of carbonyl (C=O) groups is 3. The SMILES string of the molecule is CCC(Br)(CC)C(=O)NC(N)=O.C[C@H]1CC[C@]2(C(=O)O)CC[C@]3(C)C(=CC[C@@H]4[C@@]5(C)CC[C@H](O[C@@H]6OC[C@@H](O)[C@H](O)[C@H]6O)C(C)(C)[C@@H]5CC[C@]43C)[C@@H]2[C@]1(C)O. The van der Waals surface area contributed by atoms with Crippen LogP contribution in [-0.2, 0) is 19.1 Å². The highest BCUT2D eigenvalue weighted by atomic mass is 79.9. The zero-order valence-corrected chi connectivity index (χ0v) is 36.1. The van der Waals surface area contributed by atoms with Gasteiger partial charge in [-0.25, -0.2) is 4.79 Å². The molecule has 8 N–H and O–H groups in total. The molecule has 55 heavy (non-hydrogen) atoms. The fourth-order valence-corrected chi connectivity index (χ4v) is 13.0. The summed E-state index contributed by atoms with van der Waals surface area (Å²) in [5.41, 5.74) is 3.64. The Hall–Kier alpha value is -1.61. The number of aliphatic carboxylic acids is 1. The van der Waals surface area contributed by atoms with Crippen LogP contribution in [0, 0.1) is 50.7 Å². The molecule has 0 radical (unpaired) electrons. The predicted molar refractivity (Wildman–Crippen MR) is 211 cm³/mol. The first-order valence-corrected chi connectivity index (χ1v) is 21.4. The highest BCUT2D eigenvalue weighted by Gasteiger charge is 2.71. The Kier molecular flexibility index (Phi) is 12.3. The molecule has 0 aromatic carbocycles. The van der Waals surface area contributed by atoms with Crippen molar-refractivity contribution in [2.24, 2.45) is 56.5 Å². The first kappa shape index (κ1) is 44.5. The number of carboxylic acid groups (broad SMARTS) is 1. The molecule has 4 saturated carbocycles. The van der Waals surface area contributed by atoms with Crippen LogP contribution in [0.15, 0.2) is 11.6 Å². The fraction of sp³-hybridized carbons (Fsp3) is 0.881. The summed E-state index contributed by atoms with van der Waals surface area (Å²) in [6, 6.07) is -0.814. The molecule has 0 unspecified atom stereocenters. The summed E-state index contributed by atoms with van der Waals surface area (Å²) in [5, 5.41) is 55.4. The zero-order chi connectivity index (χ0) is 41.3. The van der Waals surface area contributed by atoms with Crippen molar-refractivity contribution < 1.29 is 49.4 Å². The van der Waals surface area contributed by atoms with Gasteiger partial charge in [0.1, 0.15) is 22.6 Å². The molecule has 6 rings (SSSR count). The largest absolute Gasteiger partial charge is 0.481 e. The van der Waals surface area contributed by atoms with E-state index in [2.05, 4.69) is 63.5 Å². The standard InChI is InChI=1S/C35H56O8.C7H13BrN2O2/c1-19-10-15-35(29(39)40)17-16-32(5)20(27(35)34(19,7)41)8-9-23-31(4)13-12-24(30(2,3)22(31)11-14-33(23,32)6)43-28-26(38)25(37)21(36)18-42-28;1-3-7(8,4-2)5(11)10-6(9)12/h8,19,21-28,36-38,41H,9-18H2,1-7H3,(H,39,40);3-4H2,1-2H3,(H3,9,10,11,12)/t19-,21+,22-,23+,24-,25-,26+,27+,28-,31-,32+,33+,34+,35-;/m0./s1. The van der Waals surface area contributed by atoms with Crippen LogP contribution in [0.2, 0.25) is 0 Å². The number of carboxylic acids is 1. The van der Waals surface area contributed by atoms with E-state index < -0.39 is 51.9 Å². The van der Waals surface area contributed by atoms with Crippen LogP contribution < -0.4 is 11.1 Å². The maximum absolute atomic E-state index is 13.0. The molecule has 0 aromatic rings. The van der Waals surface area contributed by atoms with Crippen LogP contribution in [0.3, 0.4) is 0 Å². The Balaban J connectivity index is 0.000000418. The molecule has 1 saturated heterocycles. The molecule has 1 heterocycles. The third kappa shape index (κ3) is 6.95. The highest BCUT2D eigenvalue weighted by Crippen LogP contribution is 2.76. The molecule has 1 aliphatic heterocycles. The third-order valence-electron chi connectivity index (χ3n) is 16.9. The number of ether oxygens (including phenoxy) is 2. The van der Waals surface area contributed by atoms with Crippen molar-refractivity contribution in [2.75, 3.05) is 6.61 Å². The second-order valence-corrected chi connectivity index (χ2v) is 21.1. The van der Waals surface area contributed by atoms with E-state index >= 15 is 0 Å². The minimum atomic E-state index is -1.30. The normalized spacial score (nSPS) is 46.2. The van der Waals surface area contributed by atoms with Gasteiger partial charge < -0.3 is 40.7 Å². The molecule has 6 aliphatic rings. The van der Waals surface area contributed by atoms with E-state index in [-0.39, 0.29) is 52.1 Å². The van der Waals surface area contributed by atoms with Gasteiger partial charge in [0.05, 0.1) is 23.7 Å². The molecule has 14 atom stereocenters. The van der Waals surface area contributed by atoms with Crippen LogP contribution in [0.5, 0.6) is 0 Å². The number of imide groups is 1. The summed E-state index contributed by atoms with van der Waals surface area (Å²) in [6.07, 6.45) is 6.28. The lowest BCUT2D eigenvalue weighted by molar-refractivity contribution is -0.308. The zero-order valence-electron chi connectivity index (χ0n) is 34.5. The van der Waals surface area contributed by atoms with Gasteiger partial charge in [-0.05, 0) is 117 Å². The lowest BCUT2D eigenvalue weighted by Gasteiger charge is -2.72. The summed E-state index contributed by atoms with van der Waals surface area (Å²) in [5.74, 6) is -0.681. The molecular weight excluding hydrogens is 772 g/mol. The summed E-state index contributed by atoms with van der Waals surface area (Å²) < 4.78 is 11.4. The summed E-state index contributed by atoms with van der Waals surface area (Å²) >= 11 is 3.26. The number of rotatable bonds is 6. The van der Waals surface area contributed by atoms with Crippen molar-refractivity contribution in [1.82, 2.24) is 5.32 Å². The molecule has 0 aromatic heterocycles. The molecule has 3 amide bonds. The molecular formula is C42H69BrN2O10. The molecule has 13 heteroatoms. The minimum absolute atomic E-state index is 0.0313. The Morgan fingerprint density at radius 1 is 0.945 bits per heavy atom.